The highest BCUT2D eigenvalue weighted by molar-refractivity contribution is 7.98. The molecular formula is C13H10N4OS. The van der Waals surface area contributed by atoms with Gasteiger partial charge in [-0.05, 0) is 6.26 Å². The average Bonchev–Trinajstić information content (AvgIpc) is 2.47. The average molecular weight is 270 g/mol. The summed E-state index contributed by atoms with van der Waals surface area (Å²) in [6, 6.07) is 9.48. The van der Waals surface area contributed by atoms with Gasteiger partial charge in [0.15, 0.2) is 10.8 Å². The first kappa shape index (κ1) is 11.9. The van der Waals surface area contributed by atoms with Crippen molar-refractivity contribution in [1.82, 2.24) is 19.9 Å². The van der Waals surface area contributed by atoms with Gasteiger partial charge in [-0.3, -0.25) is 4.79 Å². The fourth-order valence-corrected chi connectivity index (χ4v) is 2.08. The molecule has 19 heavy (non-hydrogen) atoms. The Labute approximate surface area is 113 Å². The Kier molecular flexibility index (Phi) is 3.00. The van der Waals surface area contributed by atoms with Gasteiger partial charge in [-0.25, -0.2) is 15.0 Å². The van der Waals surface area contributed by atoms with Crippen LogP contribution < -0.4 is 5.56 Å². The fourth-order valence-electron chi connectivity index (χ4n) is 1.74. The number of rotatable bonds is 2. The summed E-state index contributed by atoms with van der Waals surface area (Å²) in [5, 5.41) is 1.00. The van der Waals surface area contributed by atoms with Crippen LogP contribution in [0, 0.1) is 0 Å². The Bertz CT molecular complexity index is 786. The van der Waals surface area contributed by atoms with E-state index in [9.17, 15) is 4.79 Å². The van der Waals surface area contributed by atoms with Crippen molar-refractivity contribution in [2.45, 2.75) is 5.16 Å². The number of benzene rings is 1. The third kappa shape index (κ3) is 2.22. The largest absolute Gasteiger partial charge is 0.306 e. The summed E-state index contributed by atoms with van der Waals surface area (Å²) >= 11 is 1.42. The number of fused-ring (bicyclic) bond motifs is 1. The van der Waals surface area contributed by atoms with Crippen LogP contribution in [-0.2, 0) is 0 Å². The second-order valence-electron chi connectivity index (χ2n) is 3.87. The van der Waals surface area contributed by atoms with Crippen molar-refractivity contribution < 1.29 is 0 Å². The van der Waals surface area contributed by atoms with Crippen LogP contribution in [0.25, 0.3) is 22.4 Å². The van der Waals surface area contributed by atoms with E-state index in [0.29, 0.717) is 22.0 Å². The first-order chi connectivity index (χ1) is 9.28. The first-order valence-electron chi connectivity index (χ1n) is 5.64. The zero-order valence-corrected chi connectivity index (χ0v) is 10.9. The number of thioether (sulfide) groups is 1. The topological polar surface area (TPSA) is 71.5 Å². The normalized spacial score (nSPS) is 10.8. The van der Waals surface area contributed by atoms with E-state index in [1.54, 1.807) is 0 Å². The molecule has 0 aliphatic heterocycles. The minimum absolute atomic E-state index is 0.225. The predicted octanol–water partition coefficient (Wildman–Crippen LogP) is 2.10. The van der Waals surface area contributed by atoms with Crippen LogP contribution in [-0.4, -0.2) is 26.2 Å². The predicted molar refractivity (Wildman–Crippen MR) is 75.2 cm³/mol. The molecule has 0 radical (unpaired) electrons. The quantitative estimate of drug-likeness (QED) is 0.570. The van der Waals surface area contributed by atoms with Gasteiger partial charge in [-0.1, -0.05) is 42.1 Å². The fraction of sp³-hybridized carbons (Fsp3) is 0.0769. The second-order valence-corrected chi connectivity index (χ2v) is 4.65. The highest BCUT2D eigenvalue weighted by atomic mass is 32.2. The Morgan fingerprint density at radius 1 is 1.16 bits per heavy atom. The van der Waals surface area contributed by atoms with E-state index in [0.717, 1.165) is 5.56 Å². The molecule has 0 bridgehead atoms. The van der Waals surface area contributed by atoms with E-state index in [1.165, 1.54) is 18.0 Å². The first-order valence-corrected chi connectivity index (χ1v) is 6.87. The highest BCUT2D eigenvalue weighted by Crippen LogP contribution is 2.16. The summed E-state index contributed by atoms with van der Waals surface area (Å²) in [6.07, 6.45) is 3.39. The van der Waals surface area contributed by atoms with Crippen molar-refractivity contribution in [3.05, 3.63) is 46.9 Å². The molecule has 0 aliphatic rings. The Morgan fingerprint density at radius 2 is 1.95 bits per heavy atom. The van der Waals surface area contributed by atoms with Crippen molar-refractivity contribution in [1.29, 1.82) is 0 Å². The van der Waals surface area contributed by atoms with Crippen molar-refractivity contribution >= 4 is 22.8 Å². The van der Waals surface area contributed by atoms with Crippen molar-refractivity contribution in [2.24, 2.45) is 0 Å². The molecule has 1 N–H and O–H groups in total. The molecule has 94 valence electrons. The molecule has 2 heterocycles. The van der Waals surface area contributed by atoms with E-state index in [1.807, 2.05) is 36.6 Å². The van der Waals surface area contributed by atoms with Gasteiger partial charge in [0.25, 0.3) is 5.56 Å². The highest BCUT2D eigenvalue weighted by Gasteiger charge is 2.08. The molecule has 0 fully saturated rings. The maximum atomic E-state index is 12.0. The Morgan fingerprint density at radius 3 is 2.68 bits per heavy atom. The van der Waals surface area contributed by atoms with Gasteiger partial charge in [-0.2, -0.15) is 0 Å². The lowest BCUT2D eigenvalue weighted by atomic mass is 10.2. The lowest BCUT2D eigenvalue weighted by Crippen LogP contribution is -2.11. The number of H-pyrrole nitrogens is 1. The Balaban J connectivity index is 2.26. The standard InChI is InChI=1S/C13H10N4OS/c1-19-13-14-7-9-11(17-13)15-10(16-12(9)18)8-5-3-2-4-6-8/h2-7H,1H3,(H,14,15,16,17,18). The summed E-state index contributed by atoms with van der Waals surface area (Å²) in [4.78, 5) is 27.5. The summed E-state index contributed by atoms with van der Waals surface area (Å²) in [5.41, 5.74) is 1.05. The van der Waals surface area contributed by atoms with E-state index in [-0.39, 0.29) is 5.56 Å². The minimum Gasteiger partial charge on any atom is -0.306 e. The molecule has 0 saturated carbocycles. The molecule has 3 aromatic rings. The molecule has 3 rings (SSSR count). The molecule has 0 saturated heterocycles. The second kappa shape index (κ2) is 4.81. The van der Waals surface area contributed by atoms with Crippen molar-refractivity contribution in [3.8, 4) is 11.4 Å². The van der Waals surface area contributed by atoms with Crippen molar-refractivity contribution in [3.63, 3.8) is 0 Å². The molecule has 0 spiro atoms. The molecule has 0 unspecified atom stereocenters. The van der Waals surface area contributed by atoms with Crippen LogP contribution in [0.3, 0.4) is 0 Å². The number of nitrogens with one attached hydrogen (secondary N) is 1. The van der Waals surface area contributed by atoms with Crippen LogP contribution >= 0.6 is 11.8 Å². The van der Waals surface area contributed by atoms with Gasteiger partial charge in [0.2, 0.25) is 0 Å². The third-order valence-corrected chi connectivity index (χ3v) is 3.23. The monoisotopic (exact) mass is 270 g/mol. The SMILES string of the molecule is CSc1ncc2c(=O)[nH]c(-c3ccccc3)nc2n1. The number of hydrogen-bond donors (Lipinski definition) is 1. The van der Waals surface area contributed by atoms with Crippen molar-refractivity contribution in [2.75, 3.05) is 6.26 Å². The van der Waals surface area contributed by atoms with Crippen LogP contribution in [0.4, 0.5) is 0 Å². The number of aromatic nitrogens is 4. The molecule has 1 aromatic carbocycles. The Hall–Kier alpha value is -2.21. The van der Waals surface area contributed by atoms with Gasteiger partial charge in [0.1, 0.15) is 11.2 Å². The minimum atomic E-state index is -0.225. The lowest BCUT2D eigenvalue weighted by molar-refractivity contribution is 0.980. The number of hydrogen-bond acceptors (Lipinski definition) is 5. The molecule has 0 amide bonds. The zero-order chi connectivity index (χ0) is 13.2. The van der Waals surface area contributed by atoms with E-state index in [4.69, 9.17) is 0 Å². The smallest absolute Gasteiger partial charge is 0.262 e. The molecular weight excluding hydrogens is 260 g/mol. The van der Waals surface area contributed by atoms with Crippen LogP contribution in [0.5, 0.6) is 0 Å². The summed E-state index contributed by atoms with van der Waals surface area (Å²) in [7, 11) is 0. The molecule has 6 heteroatoms. The van der Waals surface area contributed by atoms with Gasteiger partial charge >= 0.3 is 0 Å². The van der Waals surface area contributed by atoms with Crippen LogP contribution in [0.1, 0.15) is 0 Å². The van der Waals surface area contributed by atoms with Gasteiger partial charge < -0.3 is 4.98 Å². The molecule has 0 atom stereocenters. The summed E-state index contributed by atoms with van der Waals surface area (Å²) in [6.45, 7) is 0. The zero-order valence-electron chi connectivity index (χ0n) is 10.1. The van der Waals surface area contributed by atoms with E-state index >= 15 is 0 Å². The number of aromatic amines is 1. The van der Waals surface area contributed by atoms with Crippen LogP contribution in [0.2, 0.25) is 0 Å². The molecule has 2 aromatic heterocycles. The lowest BCUT2D eigenvalue weighted by Gasteiger charge is -2.03. The van der Waals surface area contributed by atoms with E-state index < -0.39 is 0 Å². The number of nitrogens with zero attached hydrogens (tertiary/aromatic N) is 3. The van der Waals surface area contributed by atoms with Gasteiger partial charge in [0, 0.05) is 11.8 Å². The van der Waals surface area contributed by atoms with E-state index in [2.05, 4.69) is 19.9 Å². The van der Waals surface area contributed by atoms with Crippen LogP contribution in [0.15, 0.2) is 46.5 Å². The van der Waals surface area contributed by atoms with Gasteiger partial charge in [0.05, 0.1) is 0 Å². The molecule has 5 nitrogen and oxygen atoms in total. The van der Waals surface area contributed by atoms with Gasteiger partial charge in [-0.15, -0.1) is 0 Å². The summed E-state index contributed by atoms with van der Waals surface area (Å²) in [5.74, 6) is 0.517. The molecule has 0 aliphatic carbocycles. The third-order valence-electron chi connectivity index (χ3n) is 2.67. The maximum Gasteiger partial charge on any atom is 0.262 e. The maximum absolute atomic E-state index is 12.0. The summed E-state index contributed by atoms with van der Waals surface area (Å²) < 4.78 is 0.